The second-order valence-electron chi connectivity index (χ2n) is 8.48. The van der Waals surface area contributed by atoms with Gasteiger partial charge in [0.05, 0.1) is 12.6 Å². The summed E-state index contributed by atoms with van der Waals surface area (Å²) in [7, 11) is 0. The van der Waals surface area contributed by atoms with E-state index in [0.717, 1.165) is 24.8 Å². The SMILES string of the molecule is C[C@H]1Oc2ccc(NC(=O)c3ccccc3)cc2CN([C@@H]2CCCc3ccccc32)C1=O. The maximum absolute atomic E-state index is 13.3. The molecule has 5 rings (SSSR count). The van der Waals surface area contributed by atoms with E-state index >= 15 is 0 Å². The number of fused-ring (bicyclic) bond motifs is 2. The number of nitrogens with zero attached hydrogens (tertiary/aromatic N) is 1. The average molecular weight is 427 g/mol. The van der Waals surface area contributed by atoms with Crippen molar-refractivity contribution in [1.29, 1.82) is 0 Å². The Balaban J connectivity index is 1.45. The largest absolute Gasteiger partial charge is 0.481 e. The van der Waals surface area contributed by atoms with Gasteiger partial charge in [-0.05, 0) is 67.6 Å². The third-order valence-electron chi connectivity index (χ3n) is 6.34. The quantitative estimate of drug-likeness (QED) is 0.632. The van der Waals surface area contributed by atoms with E-state index < -0.39 is 6.10 Å². The summed E-state index contributed by atoms with van der Waals surface area (Å²) in [6, 6.07) is 23.2. The molecule has 0 saturated carbocycles. The van der Waals surface area contributed by atoms with Gasteiger partial charge in [0.2, 0.25) is 0 Å². The molecule has 162 valence electrons. The summed E-state index contributed by atoms with van der Waals surface area (Å²) in [5.41, 5.74) is 4.74. The molecule has 1 aliphatic carbocycles. The maximum Gasteiger partial charge on any atom is 0.264 e. The highest BCUT2D eigenvalue weighted by Gasteiger charge is 2.35. The van der Waals surface area contributed by atoms with E-state index in [0.29, 0.717) is 23.5 Å². The topological polar surface area (TPSA) is 58.6 Å². The molecular formula is C27H26N2O3. The summed E-state index contributed by atoms with van der Waals surface area (Å²) >= 11 is 0. The van der Waals surface area contributed by atoms with Crippen LogP contribution in [0.15, 0.2) is 72.8 Å². The monoisotopic (exact) mass is 426 g/mol. The van der Waals surface area contributed by atoms with Gasteiger partial charge in [0.1, 0.15) is 5.75 Å². The molecule has 0 fully saturated rings. The maximum atomic E-state index is 13.3. The Morgan fingerprint density at radius 1 is 1.00 bits per heavy atom. The highest BCUT2D eigenvalue weighted by molar-refractivity contribution is 6.04. The summed E-state index contributed by atoms with van der Waals surface area (Å²) in [5, 5.41) is 2.96. The van der Waals surface area contributed by atoms with Gasteiger partial charge >= 0.3 is 0 Å². The number of ether oxygens (including phenoxy) is 1. The average Bonchev–Trinajstić information content (AvgIpc) is 2.95. The Hall–Kier alpha value is -3.60. The van der Waals surface area contributed by atoms with E-state index in [1.807, 2.05) is 54.3 Å². The van der Waals surface area contributed by atoms with E-state index in [1.165, 1.54) is 11.1 Å². The van der Waals surface area contributed by atoms with Crippen LogP contribution in [0.5, 0.6) is 5.75 Å². The first kappa shape index (κ1) is 20.3. The van der Waals surface area contributed by atoms with Crippen molar-refractivity contribution >= 4 is 17.5 Å². The van der Waals surface area contributed by atoms with Crippen LogP contribution in [0.4, 0.5) is 5.69 Å². The van der Waals surface area contributed by atoms with Gasteiger partial charge in [0, 0.05) is 16.8 Å². The first-order chi connectivity index (χ1) is 15.6. The van der Waals surface area contributed by atoms with E-state index in [9.17, 15) is 9.59 Å². The van der Waals surface area contributed by atoms with Crippen LogP contribution in [0.25, 0.3) is 0 Å². The van der Waals surface area contributed by atoms with Crippen molar-refractivity contribution in [3.63, 3.8) is 0 Å². The zero-order chi connectivity index (χ0) is 22.1. The molecule has 2 aliphatic rings. The Bertz CT molecular complexity index is 1160. The molecule has 1 aliphatic heterocycles. The van der Waals surface area contributed by atoms with Crippen molar-refractivity contribution in [2.24, 2.45) is 0 Å². The van der Waals surface area contributed by atoms with Crippen LogP contribution >= 0.6 is 0 Å². The van der Waals surface area contributed by atoms with Gasteiger partial charge < -0.3 is 15.0 Å². The van der Waals surface area contributed by atoms with Crippen molar-refractivity contribution in [3.8, 4) is 5.75 Å². The Kier molecular flexibility index (Phi) is 5.39. The number of carbonyl (C=O) groups is 2. The van der Waals surface area contributed by atoms with Crippen molar-refractivity contribution in [2.45, 2.75) is 44.9 Å². The van der Waals surface area contributed by atoms with Crippen LogP contribution in [0.1, 0.15) is 52.9 Å². The molecule has 32 heavy (non-hydrogen) atoms. The predicted octanol–water partition coefficient (Wildman–Crippen LogP) is 5.13. The van der Waals surface area contributed by atoms with Crippen molar-refractivity contribution in [2.75, 3.05) is 5.32 Å². The summed E-state index contributed by atoms with van der Waals surface area (Å²) in [4.78, 5) is 27.9. The normalized spacial score (nSPS) is 19.9. The van der Waals surface area contributed by atoms with Gasteiger partial charge in [-0.2, -0.15) is 0 Å². The minimum Gasteiger partial charge on any atom is -0.481 e. The Morgan fingerprint density at radius 2 is 1.78 bits per heavy atom. The second kappa shape index (κ2) is 8.50. The summed E-state index contributed by atoms with van der Waals surface area (Å²) in [6.07, 6.45) is 2.48. The molecule has 2 atom stereocenters. The standard InChI is InChI=1S/C27H26N2O3/c1-18-27(31)29(24-13-7-11-19-8-5-6-12-23(19)24)17-21-16-22(14-15-25(21)32-18)28-26(30)20-9-3-2-4-10-20/h2-6,8-10,12,14-16,18,24H,7,11,13,17H2,1H3,(H,28,30)/t18-,24-/m1/s1. The van der Waals surface area contributed by atoms with Gasteiger partial charge in [-0.1, -0.05) is 42.5 Å². The molecule has 0 radical (unpaired) electrons. The first-order valence-corrected chi connectivity index (χ1v) is 11.1. The number of carbonyl (C=O) groups excluding carboxylic acids is 2. The number of aryl methyl sites for hydroxylation is 1. The van der Waals surface area contributed by atoms with Gasteiger partial charge in [-0.15, -0.1) is 0 Å². The number of benzene rings is 3. The van der Waals surface area contributed by atoms with E-state index in [1.54, 1.807) is 12.1 Å². The highest BCUT2D eigenvalue weighted by atomic mass is 16.5. The molecule has 5 heteroatoms. The molecule has 0 saturated heterocycles. The van der Waals surface area contributed by atoms with Crippen LogP contribution in [-0.2, 0) is 17.8 Å². The molecule has 3 aromatic rings. The van der Waals surface area contributed by atoms with Crippen molar-refractivity contribution in [3.05, 3.63) is 95.1 Å². The second-order valence-corrected chi connectivity index (χ2v) is 8.48. The van der Waals surface area contributed by atoms with Gasteiger partial charge in [0.25, 0.3) is 11.8 Å². The molecule has 0 aromatic heterocycles. The van der Waals surface area contributed by atoms with Gasteiger partial charge in [0.15, 0.2) is 6.10 Å². The number of rotatable bonds is 3. The fourth-order valence-corrected chi connectivity index (χ4v) is 4.74. The number of anilines is 1. The Labute approximate surface area is 188 Å². The summed E-state index contributed by atoms with van der Waals surface area (Å²) < 4.78 is 6.02. The lowest BCUT2D eigenvalue weighted by atomic mass is 9.86. The lowest BCUT2D eigenvalue weighted by molar-refractivity contribution is -0.140. The lowest BCUT2D eigenvalue weighted by Gasteiger charge is -2.35. The zero-order valence-electron chi connectivity index (χ0n) is 18.1. The van der Waals surface area contributed by atoms with E-state index in [4.69, 9.17) is 4.74 Å². The van der Waals surface area contributed by atoms with Crippen LogP contribution in [0.3, 0.4) is 0 Å². The molecule has 0 bridgehead atoms. The van der Waals surface area contributed by atoms with E-state index in [-0.39, 0.29) is 17.9 Å². The third kappa shape index (κ3) is 3.86. The number of hydrogen-bond donors (Lipinski definition) is 1. The van der Waals surface area contributed by atoms with E-state index in [2.05, 4.69) is 23.5 Å². The number of nitrogens with one attached hydrogen (secondary N) is 1. The number of hydrogen-bond acceptors (Lipinski definition) is 3. The lowest BCUT2D eigenvalue weighted by Crippen LogP contribution is -2.41. The Morgan fingerprint density at radius 3 is 2.62 bits per heavy atom. The first-order valence-electron chi connectivity index (χ1n) is 11.1. The van der Waals surface area contributed by atoms with Crippen LogP contribution in [0, 0.1) is 0 Å². The highest BCUT2D eigenvalue weighted by Crippen LogP contribution is 2.38. The number of amides is 2. The van der Waals surface area contributed by atoms with Crippen LogP contribution in [0.2, 0.25) is 0 Å². The van der Waals surface area contributed by atoms with Crippen LogP contribution in [-0.4, -0.2) is 22.8 Å². The third-order valence-corrected chi connectivity index (χ3v) is 6.34. The van der Waals surface area contributed by atoms with Crippen molar-refractivity contribution in [1.82, 2.24) is 4.90 Å². The molecular weight excluding hydrogens is 400 g/mol. The fourth-order valence-electron chi connectivity index (χ4n) is 4.74. The van der Waals surface area contributed by atoms with Crippen LogP contribution < -0.4 is 10.1 Å². The van der Waals surface area contributed by atoms with Gasteiger partial charge in [-0.3, -0.25) is 9.59 Å². The molecule has 2 amide bonds. The fraction of sp³-hybridized carbons (Fsp3) is 0.259. The minimum atomic E-state index is -0.560. The minimum absolute atomic E-state index is 0.00206. The predicted molar refractivity (Wildman–Crippen MR) is 124 cm³/mol. The summed E-state index contributed by atoms with van der Waals surface area (Å²) in [6.45, 7) is 2.26. The van der Waals surface area contributed by atoms with Gasteiger partial charge in [-0.25, -0.2) is 0 Å². The molecule has 3 aromatic carbocycles. The molecule has 5 nitrogen and oxygen atoms in total. The molecule has 0 spiro atoms. The molecule has 1 N–H and O–H groups in total. The molecule has 0 unspecified atom stereocenters. The van der Waals surface area contributed by atoms with Crippen molar-refractivity contribution < 1.29 is 14.3 Å². The smallest absolute Gasteiger partial charge is 0.264 e. The molecule has 1 heterocycles. The summed E-state index contributed by atoms with van der Waals surface area (Å²) in [5.74, 6) is 0.524. The zero-order valence-corrected chi connectivity index (χ0v) is 18.1.